The van der Waals surface area contributed by atoms with E-state index in [9.17, 15) is 0 Å². The number of guanidine groups is 1. The number of hydrogen-bond acceptors (Lipinski definition) is 3. The maximum absolute atomic E-state index is 4.51. The van der Waals surface area contributed by atoms with E-state index in [4.69, 9.17) is 0 Å². The summed E-state index contributed by atoms with van der Waals surface area (Å²) in [5.41, 5.74) is 2.10. The second kappa shape index (κ2) is 6.48. The van der Waals surface area contributed by atoms with Gasteiger partial charge in [0.1, 0.15) is 0 Å². The Kier molecular flexibility index (Phi) is 4.91. The van der Waals surface area contributed by atoms with Gasteiger partial charge in [-0.3, -0.25) is 9.98 Å². The Morgan fingerprint density at radius 3 is 2.95 bits per heavy atom. The normalized spacial score (nSPS) is 19.0. The average Bonchev–Trinajstić information content (AvgIpc) is 2.38. The summed E-state index contributed by atoms with van der Waals surface area (Å²) >= 11 is 2.03. The number of thioether (sulfide) groups is 1. The second-order valence-corrected chi connectivity index (χ2v) is 7.50. The summed E-state index contributed by atoms with van der Waals surface area (Å²) < 4.78 is 0.289. The Bertz CT molecular complexity index is 485. The van der Waals surface area contributed by atoms with Gasteiger partial charge in [-0.05, 0) is 32.9 Å². The largest absolute Gasteiger partial charge is 0.351 e. The molecule has 5 heteroatoms. The molecule has 1 saturated heterocycles. The molecule has 1 aliphatic heterocycles. The van der Waals surface area contributed by atoms with Crippen LogP contribution in [0, 0.1) is 6.92 Å². The Hall–Kier alpha value is -1.23. The van der Waals surface area contributed by atoms with Crippen molar-refractivity contribution in [1.29, 1.82) is 0 Å². The van der Waals surface area contributed by atoms with E-state index in [0.29, 0.717) is 0 Å². The SMILES string of the molecule is CN=C(NCc1cccc(C)n1)N1CCSC(C)(C)C1. The van der Waals surface area contributed by atoms with E-state index in [1.165, 1.54) is 0 Å². The Balaban J connectivity index is 1.96. The van der Waals surface area contributed by atoms with Gasteiger partial charge in [-0.2, -0.15) is 11.8 Å². The Morgan fingerprint density at radius 1 is 1.50 bits per heavy atom. The van der Waals surface area contributed by atoms with E-state index in [-0.39, 0.29) is 4.75 Å². The van der Waals surface area contributed by atoms with Crippen molar-refractivity contribution in [2.24, 2.45) is 4.99 Å². The first kappa shape index (κ1) is 15.2. The zero-order valence-electron chi connectivity index (χ0n) is 12.8. The van der Waals surface area contributed by atoms with E-state index >= 15 is 0 Å². The molecule has 0 saturated carbocycles. The van der Waals surface area contributed by atoms with Crippen LogP contribution in [0.25, 0.3) is 0 Å². The summed E-state index contributed by atoms with van der Waals surface area (Å²) in [6.45, 7) is 9.40. The van der Waals surface area contributed by atoms with Gasteiger partial charge in [-0.1, -0.05) is 6.07 Å². The van der Waals surface area contributed by atoms with Gasteiger partial charge in [0.05, 0.1) is 12.2 Å². The van der Waals surface area contributed by atoms with Crippen molar-refractivity contribution in [1.82, 2.24) is 15.2 Å². The van der Waals surface area contributed by atoms with Crippen LogP contribution in [0.1, 0.15) is 25.2 Å². The minimum atomic E-state index is 0.289. The number of nitrogens with one attached hydrogen (secondary N) is 1. The summed E-state index contributed by atoms with van der Waals surface area (Å²) in [7, 11) is 1.85. The number of aromatic nitrogens is 1. The van der Waals surface area contributed by atoms with Crippen molar-refractivity contribution in [3.05, 3.63) is 29.6 Å². The molecular formula is C15H24N4S. The van der Waals surface area contributed by atoms with Gasteiger partial charge in [0.15, 0.2) is 5.96 Å². The Morgan fingerprint density at radius 2 is 2.30 bits per heavy atom. The number of aliphatic imine (C=N–C) groups is 1. The first-order valence-electron chi connectivity index (χ1n) is 7.02. The van der Waals surface area contributed by atoms with Crippen molar-refractivity contribution in [2.75, 3.05) is 25.9 Å². The smallest absolute Gasteiger partial charge is 0.194 e. The molecule has 0 aliphatic carbocycles. The standard InChI is InChI=1S/C15H24N4S/c1-12-6-5-7-13(18-12)10-17-14(16-4)19-8-9-20-15(2,3)11-19/h5-7H,8-11H2,1-4H3,(H,16,17). The quantitative estimate of drug-likeness (QED) is 0.671. The molecule has 2 heterocycles. The van der Waals surface area contributed by atoms with E-state index in [1.807, 2.05) is 43.9 Å². The Labute approximate surface area is 126 Å². The van der Waals surface area contributed by atoms with Gasteiger partial charge < -0.3 is 10.2 Å². The zero-order valence-corrected chi connectivity index (χ0v) is 13.6. The fraction of sp³-hybridized carbons (Fsp3) is 0.600. The lowest BCUT2D eigenvalue weighted by Gasteiger charge is -2.39. The van der Waals surface area contributed by atoms with Gasteiger partial charge in [-0.15, -0.1) is 0 Å². The molecule has 0 spiro atoms. The van der Waals surface area contributed by atoms with E-state index in [2.05, 4.69) is 34.0 Å². The summed E-state index contributed by atoms with van der Waals surface area (Å²) in [6, 6.07) is 6.11. The highest BCUT2D eigenvalue weighted by Crippen LogP contribution is 2.29. The molecule has 110 valence electrons. The molecule has 0 aromatic carbocycles. The molecule has 1 fully saturated rings. The van der Waals surface area contributed by atoms with Crippen LogP contribution in [0.2, 0.25) is 0 Å². The van der Waals surface area contributed by atoms with Crippen molar-refractivity contribution in [2.45, 2.75) is 32.1 Å². The first-order valence-corrected chi connectivity index (χ1v) is 8.01. The lowest BCUT2D eigenvalue weighted by molar-refractivity contribution is 0.375. The van der Waals surface area contributed by atoms with Gasteiger partial charge in [0.25, 0.3) is 0 Å². The van der Waals surface area contributed by atoms with Crippen LogP contribution in [0.4, 0.5) is 0 Å². The number of nitrogens with zero attached hydrogens (tertiary/aromatic N) is 3. The minimum absolute atomic E-state index is 0.289. The van der Waals surface area contributed by atoms with Crippen LogP contribution < -0.4 is 5.32 Å². The molecule has 1 N–H and O–H groups in total. The van der Waals surface area contributed by atoms with Crippen LogP contribution in [0.5, 0.6) is 0 Å². The number of hydrogen-bond donors (Lipinski definition) is 1. The highest BCUT2D eigenvalue weighted by atomic mass is 32.2. The van der Waals surface area contributed by atoms with Crippen molar-refractivity contribution < 1.29 is 0 Å². The average molecular weight is 292 g/mol. The topological polar surface area (TPSA) is 40.5 Å². The predicted molar refractivity (Wildman–Crippen MR) is 87.3 cm³/mol. The monoisotopic (exact) mass is 292 g/mol. The van der Waals surface area contributed by atoms with Crippen LogP contribution in [0.3, 0.4) is 0 Å². The van der Waals surface area contributed by atoms with E-state index in [0.717, 1.165) is 42.7 Å². The molecule has 2 rings (SSSR count). The van der Waals surface area contributed by atoms with Gasteiger partial charge >= 0.3 is 0 Å². The third kappa shape index (κ3) is 4.13. The number of pyridine rings is 1. The second-order valence-electron chi connectivity index (χ2n) is 5.70. The van der Waals surface area contributed by atoms with Gasteiger partial charge in [0.2, 0.25) is 0 Å². The summed E-state index contributed by atoms with van der Waals surface area (Å²) in [6.07, 6.45) is 0. The van der Waals surface area contributed by atoms with Crippen LogP contribution >= 0.6 is 11.8 Å². The maximum Gasteiger partial charge on any atom is 0.194 e. The molecule has 1 aromatic rings. The maximum atomic E-state index is 4.51. The van der Waals surface area contributed by atoms with Crippen LogP contribution in [-0.4, -0.2) is 46.5 Å². The molecule has 0 radical (unpaired) electrons. The van der Waals surface area contributed by atoms with Crippen LogP contribution in [0.15, 0.2) is 23.2 Å². The van der Waals surface area contributed by atoms with Gasteiger partial charge in [0, 0.05) is 36.3 Å². The lowest BCUT2D eigenvalue weighted by atomic mass is 10.2. The molecule has 20 heavy (non-hydrogen) atoms. The van der Waals surface area contributed by atoms with Crippen molar-refractivity contribution >= 4 is 17.7 Å². The molecular weight excluding hydrogens is 268 g/mol. The van der Waals surface area contributed by atoms with Crippen molar-refractivity contribution in [3.63, 3.8) is 0 Å². The van der Waals surface area contributed by atoms with Crippen LogP contribution in [-0.2, 0) is 6.54 Å². The summed E-state index contributed by atoms with van der Waals surface area (Å²) in [5.74, 6) is 2.12. The molecule has 1 aliphatic rings. The predicted octanol–water partition coefficient (Wildman–Crippen LogP) is 2.29. The number of rotatable bonds is 2. The van der Waals surface area contributed by atoms with E-state index < -0.39 is 0 Å². The van der Waals surface area contributed by atoms with Crippen molar-refractivity contribution in [3.8, 4) is 0 Å². The fourth-order valence-corrected chi connectivity index (χ4v) is 3.51. The molecule has 4 nitrogen and oxygen atoms in total. The highest BCUT2D eigenvalue weighted by Gasteiger charge is 2.28. The number of aryl methyl sites for hydroxylation is 1. The zero-order chi connectivity index (χ0) is 14.6. The fourth-order valence-electron chi connectivity index (χ4n) is 2.40. The molecule has 1 aromatic heterocycles. The molecule has 0 unspecified atom stereocenters. The summed E-state index contributed by atoms with van der Waals surface area (Å²) in [5, 5.41) is 3.42. The van der Waals surface area contributed by atoms with E-state index in [1.54, 1.807) is 0 Å². The lowest BCUT2D eigenvalue weighted by Crippen LogP contribution is -2.50. The van der Waals surface area contributed by atoms with Gasteiger partial charge in [-0.25, -0.2) is 0 Å². The molecule has 0 atom stereocenters. The first-order chi connectivity index (χ1) is 9.50. The minimum Gasteiger partial charge on any atom is -0.351 e. The third-order valence-electron chi connectivity index (χ3n) is 3.31. The highest BCUT2D eigenvalue weighted by molar-refractivity contribution is 8.00. The molecule has 0 amide bonds. The summed E-state index contributed by atoms with van der Waals surface area (Å²) in [4.78, 5) is 11.3. The molecule has 0 bridgehead atoms. The third-order valence-corrected chi connectivity index (χ3v) is 4.61.